The number of pyridine rings is 1. The summed E-state index contributed by atoms with van der Waals surface area (Å²) in [5.41, 5.74) is 5.52. The van der Waals surface area contributed by atoms with Gasteiger partial charge in [0.05, 0.1) is 11.0 Å². The Morgan fingerprint density at radius 3 is 2.88 bits per heavy atom. The Morgan fingerprint density at radius 1 is 1.19 bits per heavy atom. The smallest absolute Gasteiger partial charge is 0.139 e. The highest BCUT2D eigenvalue weighted by Crippen LogP contribution is 2.20. The van der Waals surface area contributed by atoms with Crippen LogP contribution in [-0.4, -0.2) is 16.4 Å². The maximum absolute atomic E-state index is 4.59. The summed E-state index contributed by atoms with van der Waals surface area (Å²) < 4.78 is 2.11. The van der Waals surface area contributed by atoms with Crippen LogP contribution in [0.5, 0.6) is 0 Å². The minimum Gasteiger partial charge on any atom is -0.388 e. The fourth-order valence-corrected chi connectivity index (χ4v) is 1.98. The first kappa shape index (κ1) is 9.21. The Hall–Kier alpha value is -2.03. The molecule has 1 aromatic carbocycles. The topological polar surface area (TPSA) is 29.3 Å². The summed E-state index contributed by atoms with van der Waals surface area (Å²) in [6, 6.07) is 10.4. The van der Waals surface area contributed by atoms with Crippen LogP contribution < -0.4 is 5.32 Å². The van der Waals surface area contributed by atoms with Crippen molar-refractivity contribution in [3.05, 3.63) is 42.1 Å². The average Bonchev–Trinajstić information content (AvgIpc) is 2.66. The number of benzene rings is 1. The van der Waals surface area contributed by atoms with Gasteiger partial charge in [-0.15, -0.1) is 0 Å². The molecule has 16 heavy (non-hydrogen) atoms. The van der Waals surface area contributed by atoms with Gasteiger partial charge in [0.25, 0.3) is 0 Å². The molecule has 0 aliphatic rings. The molecule has 0 amide bonds. The van der Waals surface area contributed by atoms with Crippen molar-refractivity contribution >= 4 is 22.4 Å². The van der Waals surface area contributed by atoms with Gasteiger partial charge in [-0.05, 0) is 30.7 Å². The second kappa shape index (κ2) is 3.23. The van der Waals surface area contributed by atoms with Crippen molar-refractivity contribution < 1.29 is 0 Å². The molecular formula is C13H13N3. The summed E-state index contributed by atoms with van der Waals surface area (Å²) in [4.78, 5) is 4.59. The normalized spacial score (nSPS) is 11.1. The fourth-order valence-electron chi connectivity index (χ4n) is 1.98. The predicted octanol–water partition coefficient (Wildman–Crippen LogP) is 2.84. The van der Waals surface area contributed by atoms with Gasteiger partial charge in [-0.25, -0.2) is 4.98 Å². The van der Waals surface area contributed by atoms with Crippen LogP contribution in [0.3, 0.4) is 0 Å². The first-order chi connectivity index (χ1) is 7.78. The zero-order chi connectivity index (χ0) is 11.1. The van der Waals surface area contributed by atoms with Crippen LogP contribution >= 0.6 is 0 Å². The molecule has 3 aromatic rings. The lowest BCUT2D eigenvalue weighted by Gasteiger charge is -2.00. The number of anilines is 1. The third kappa shape index (κ3) is 1.25. The number of aryl methyl sites for hydroxylation is 1. The van der Waals surface area contributed by atoms with Crippen LogP contribution in [0, 0.1) is 6.92 Å². The SMILES string of the molecule is CNc1ccn2c(c1)nc1ccc(C)cc12. The van der Waals surface area contributed by atoms with E-state index in [0.717, 1.165) is 22.4 Å². The molecule has 3 rings (SSSR count). The monoisotopic (exact) mass is 211 g/mol. The molecule has 0 saturated heterocycles. The summed E-state index contributed by atoms with van der Waals surface area (Å²) >= 11 is 0. The number of imidazole rings is 1. The van der Waals surface area contributed by atoms with E-state index in [-0.39, 0.29) is 0 Å². The van der Waals surface area contributed by atoms with E-state index in [1.54, 1.807) is 0 Å². The van der Waals surface area contributed by atoms with Crippen molar-refractivity contribution in [1.82, 2.24) is 9.38 Å². The molecule has 0 fully saturated rings. The predicted molar refractivity (Wildman–Crippen MR) is 67.0 cm³/mol. The standard InChI is InChI=1S/C13H13N3/c1-9-3-4-11-12(7-9)16-6-5-10(14-2)8-13(16)15-11/h3-8,14H,1-2H3. The van der Waals surface area contributed by atoms with Gasteiger partial charge in [-0.2, -0.15) is 0 Å². The van der Waals surface area contributed by atoms with E-state index in [9.17, 15) is 0 Å². The second-order valence-corrected chi connectivity index (χ2v) is 4.00. The molecule has 0 bridgehead atoms. The van der Waals surface area contributed by atoms with E-state index in [2.05, 4.69) is 58.2 Å². The zero-order valence-electron chi connectivity index (χ0n) is 9.36. The van der Waals surface area contributed by atoms with Gasteiger partial charge in [0.1, 0.15) is 5.65 Å². The lowest BCUT2D eigenvalue weighted by molar-refractivity contribution is 1.22. The van der Waals surface area contributed by atoms with E-state index in [1.165, 1.54) is 5.56 Å². The fraction of sp³-hybridized carbons (Fsp3) is 0.154. The molecule has 0 spiro atoms. The molecule has 0 atom stereocenters. The number of nitrogens with zero attached hydrogens (tertiary/aromatic N) is 2. The second-order valence-electron chi connectivity index (χ2n) is 4.00. The van der Waals surface area contributed by atoms with Crippen molar-refractivity contribution in [1.29, 1.82) is 0 Å². The van der Waals surface area contributed by atoms with E-state index in [4.69, 9.17) is 0 Å². The summed E-state index contributed by atoms with van der Waals surface area (Å²) in [6.07, 6.45) is 2.05. The molecule has 0 aliphatic carbocycles. The molecule has 3 heteroatoms. The van der Waals surface area contributed by atoms with Gasteiger partial charge < -0.3 is 5.32 Å². The van der Waals surface area contributed by atoms with Crippen molar-refractivity contribution in [3.8, 4) is 0 Å². The van der Waals surface area contributed by atoms with E-state index in [0.29, 0.717) is 0 Å². The Kier molecular flexibility index (Phi) is 1.86. The number of aromatic nitrogens is 2. The number of hydrogen-bond donors (Lipinski definition) is 1. The van der Waals surface area contributed by atoms with Gasteiger partial charge in [-0.3, -0.25) is 4.40 Å². The molecule has 0 saturated carbocycles. The highest BCUT2D eigenvalue weighted by atomic mass is 15.0. The first-order valence-electron chi connectivity index (χ1n) is 5.34. The van der Waals surface area contributed by atoms with Crippen molar-refractivity contribution in [2.75, 3.05) is 12.4 Å². The molecule has 3 nitrogen and oxygen atoms in total. The molecule has 80 valence electrons. The largest absolute Gasteiger partial charge is 0.388 e. The summed E-state index contributed by atoms with van der Waals surface area (Å²) in [5, 5.41) is 3.12. The molecule has 0 unspecified atom stereocenters. The number of fused-ring (bicyclic) bond motifs is 3. The maximum Gasteiger partial charge on any atom is 0.139 e. The van der Waals surface area contributed by atoms with Gasteiger partial charge in [0.15, 0.2) is 0 Å². The van der Waals surface area contributed by atoms with E-state index < -0.39 is 0 Å². The Bertz CT molecular complexity index is 667. The van der Waals surface area contributed by atoms with Gasteiger partial charge >= 0.3 is 0 Å². The van der Waals surface area contributed by atoms with Crippen LogP contribution in [0.1, 0.15) is 5.56 Å². The minimum atomic E-state index is 0.979. The minimum absolute atomic E-state index is 0.979. The van der Waals surface area contributed by atoms with Gasteiger partial charge in [-0.1, -0.05) is 6.07 Å². The highest BCUT2D eigenvalue weighted by Gasteiger charge is 2.04. The Labute approximate surface area is 93.7 Å². The molecule has 1 N–H and O–H groups in total. The van der Waals surface area contributed by atoms with Crippen LogP contribution in [0.2, 0.25) is 0 Å². The van der Waals surface area contributed by atoms with Crippen LogP contribution in [0.4, 0.5) is 5.69 Å². The number of rotatable bonds is 1. The third-order valence-corrected chi connectivity index (χ3v) is 2.85. The van der Waals surface area contributed by atoms with Gasteiger partial charge in [0, 0.05) is 25.0 Å². The molecule has 2 aromatic heterocycles. The third-order valence-electron chi connectivity index (χ3n) is 2.85. The van der Waals surface area contributed by atoms with Crippen molar-refractivity contribution in [2.45, 2.75) is 6.92 Å². The molecule has 2 heterocycles. The van der Waals surface area contributed by atoms with E-state index in [1.807, 2.05) is 7.05 Å². The lowest BCUT2D eigenvalue weighted by atomic mass is 10.2. The molecular weight excluding hydrogens is 198 g/mol. The Morgan fingerprint density at radius 2 is 2.06 bits per heavy atom. The van der Waals surface area contributed by atoms with Crippen LogP contribution in [0.15, 0.2) is 36.5 Å². The zero-order valence-corrected chi connectivity index (χ0v) is 9.36. The first-order valence-corrected chi connectivity index (χ1v) is 5.34. The highest BCUT2D eigenvalue weighted by molar-refractivity contribution is 5.81. The molecule has 0 radical (unpaired) electrons. The summed E-state index contributed by atoms with van der Waals surface area (Å²) in [7, 11) is 1.92. The van der Waals surface area contributed by atoms with Crippen molar-refractivity contribution in [3.63, 3.8) is 0 Å². The number of nitrogens with one attached hydrogen (secondary N) is 1. The maximum atomic E-state index is 4.59. The summed E-state index contributed by atoms with van der Waals surface area (Å²) in [5.74, 6) is 0. The van der Waals surface area contributed by atoms with Gasteiger partial charge in [0.2, 0.25) is 0 Å². The van der Waals surface area contributed by atoms with E-state index >= 15 is 0 Å². The summed E-state index contributed by atoms with van der Waals surface area (Å²) in [6.45, 7) is 2.10. The number of hydrogen-bond acceptors (Lipinski definition) is 2. The van der Waals surface area contributed by atoms with Crippen LogP contribution in [0.25, 0.3) is 16.7 Å². The molecule has 0 aliphatic heterocycles. The lowest BCUT2D eigenvalue weighted by Crippen LogP contribution is -1.90. The average molecular weight is 211 g/mol. The quantitative estimate of drug-likeness (QED) is 0.670. The Balaban J connectivity index is 2.41. The van der Waals surface area contributed by atoms with Crippen LogP contribution in [-0.2, 0) is 0 Å². The van der Waals surface area contributed by atoms with Crippen molar-refractivity contribution in [2.24, 2.45) is 0 Å².